The van der Waals surface area contributed by atoms with Gasteiger partial charge in [-0.15, -0.1) is 11.3 Å². The summed E-state index contributed by atoms with van der Waals surface area (Å²) in [5.74, 6) is -0.0216. The summed E-state index contributed by atoms with van der Waals surface area (Å²) in [5.41, 5.74) is 5.30. The first-order valence-electron chi connectivity index (χ1n) is 8.49. The molecule has 26 heavy (non-hydrogen) atoms. The third-order valence-corrected chi connectivity index (χ3v) is 4.96. The van der Waals surface area contributed by atoms with Crippen molar-refractivity contribution in [3.05, 3.63) is 76.3 Å². The average Bonchev–Trinajstić information content (AvgIpc) is 3.10. The van der Waals surface area contributed by atoms with E-state index in [9.17, 15) is 4.79 Å². The zero-order valence-corrected chi connectivity index (χ0v) is 15.8. The van der Waals surface area contributed by atoms with Crippen molar-refractivity contribution in [3.8, 4) is 10.6 Å². The van der Waals surface area contributed by atoms with Gasteiger partial charge in [-0.3, -0.25) is 4.79 Å². The average molecular weight is 366 g/mol. The summed E-state index contributed by atoms with van der Waals surface area (Å²) in [6, 6.07) is 16.3. The van der Waals surface area contributed by atoms with Crippen LogP contribution in [0.3, 0.4) is 0 Å². The van der Waals surface area contributed by atoms with Crippen LogP contribution < -0.4 is 5.32 Å². The van der Waals surface area contributed by atoms with Gasteiger partial charge in [0.05, 0.1) is 18.7 Å². The predicted octanol–water partition coefficient (Wildman–Crippen LogP) is 4.12. The lowest BCUT2D eigenvalue weighted by atomic mass is 10.1. The van der Waals surface area contributed by atoms with Crippen molar-refractivity contribution in [2.75, 3.05) is 7.11 Å². The van der Waals surface area contributed by atoms with E-state index in [2.05, 4.69) is 41.5 Å². The van der Waals surface area contributed by atoms with Crippen LogP contribution in [0.4, 0.5) is 0 Å². The number of benzene rings is 2. The zero-order valence-electron chi connectivity index (χ0n) is 15.0. The van der Waals surface area contributed by atoms with E-state index in [1.54, 1.807) is 18.4 Å². The molecule has 3 rings (SSSR count). The number of aromatic nitrogens is 1. The Morgan fingerprint density at radius 3 is 2.46 bits per heavy atom. The minimum atomic E-state index is -0.0216. The van der Waals surface area contributed by atoms with Crippen molar-refractivity contribution in [2.24, 2.45) is 0 Å². The van der Waals surface area contributed by atoms with Gasteiger partial charge >= 0.3 is 0 Å². The summed E-state index contributed by atoms with van der Waals surface area (Å²) < 4.78 is 5.10. The standard InChI is InChI=1S/C21H22N2O2S/c1-15-3-9-18(10-4-15)21-23-19(14-26-21)11-20(24)22-12-16-5-7-17(8-6-16)13-25-2/h3-10,14H,11-13H2,1-2H3,(H,22,24). The highest BCUT2D eigenvalue weighted by atomic mass is 32.1. The molecule has 1 aromatic heterocycles. The van der Waals surface area contributed by atoms with Gasteiger partial charge in [0, 0.05) is 24.6 Å². The molecule has 3 aromatic rings. The third kappa shape index (κ3) is 5.00. The molecule has 0 radical (unpaired) electrons. The molecule has 1 N–H and O–H groups in total. The lowest BCUT2D eigenvalue weighted by molar-refractivity contribution is -0.120. The summed E-state index contributed by atoms with van der Waals surface area (Å²) in [4.78, 5) is 16.8. The van der Waals surface area contributed by atoms with Gasteiger partial charge in [0.1, 0.15) is 5.01 Å². The topological polar surface area (TPSA) is 51.2 Å². The van der Waals surface area contributed by atoms with Gasteiger partial charge < -0.3 is 10.1 Å². The fraction of sp³-hybridized carbons (Fsp3) is 0.238. The number of carbonyl (C=O) groups is 1. The number of hydrogen-bond donors (Lipinski definition) is 1. The van der Waals surface area contributed by atoms with E-state index in [1.807, 2.05) is 29.6 Å². The maximum atomic E-state index is 12.2. The van der Waals surface area contributed by atoms with Crippen molar-refractivity contribution in [1.82, 2.24) is 10.3 Å². The fourth-order valence-electron chi connectivity index (χ4n) is 2.56. The highest BCUT2D eigenvalue weighted by Crippen LogP contribution is 2.24. The minimum Gasteiger partial charge on any atom is -0.380 e. The molecule has 4 nitrogen and oxygen atoms in total. The lowest BCUT2D eigenvalue weighted by Crippen LogP contribution is -2.24. The molecule has 0 fully saturated rings. The number of carbonyl (C=O) groups excluding carboxylic acids is 1. The Morgan fingerprint density at radius 1 is 1.08 bits per heavy atom. The quantitative estimate of drug-likeness (QED) is 0.684. The van der Waals surface area contributed by atoms with Crippen LogP contribution in [0.15, 0.2) is 53.9 Å². The normalized spacial score (nSPS) is 10.7. The van der Waals surface area contributed by atoms with E-state index >= 15 is 0 Å². The van der Waals surface area contributed by atoms with E-state index in [1.165, 1.54) is 5.56 Å². The van der Waals surface area contributed by atoms with Crippen LogP contribution in [0.25, 0.3) is 10.6 Å². The van der Waals surface area contributed by atoms with Gasteiger partial charge in [-0.25, -0.2) is 4.98 Å². The van der Waals surface area contributed by atoms with E-state index in [4.69, 9.17) is 4.74 Å². The number of ether oxygens (including phenoxy) is 1. The Morgan fingerprint density at radius 2 is 1.77 bits per heavy atom. The van der Waals surface area contributed by atoms with Crippen molar-refractivity contribution >= 4 is 17.2 Å². The van der Waals surface area contributed by atoms with E-state index < -0.39 is 0 Å². The molecule has 0 saturated heterocycles. The van der Waals surface area contributed by atoms with Crippen LogP contribution >= 0.6 is 11.3 Å². The largest absolute Gasteiger partial charge is 0.380 e. The van der Waals surface area contributed by atoms with Crippen LogP contribution in [0, 0.1) is 6.92 Å². The van der Waals surface area contributed by atoms with Crippen LogP contribution in [-0.4, -0.2) is 18.0 Å². The highest BCUT2D eigenvalue weighted by molar-refractivity contribution is 7.13. The van der Waals surface area contributed by atoms with Crippen molar-refractivity contribution in [3.63, 3.8) is 0 Å². The lowest BCUT2D eigenvalue weighted by Gasteiger charge is -2.06. The molecule has 0 saturated carbocycles. The molecule has 1 amide bonds. The molecule has 5 heteroatoms. The first kappa shape index (κ1) is 18.3. The molecule has 134 valence electrons. The van der Waals surface area contributed by atoms with E-state index in [0.717, 1.165) is 27.4 Å². The van der Waals surface area contributed by atoms with Crippen molar-refractivity contribution < 1.29 is 9.53 Å². The molecule has 0 bridgehead atoms. The summed E-state index contributed by atoms with van der Waals surface area (Å²) in [6.45, 7) is 3.17. The number of thiazole rings is 1. The van der Waals surface area contributed by atoms with Crippen LogP contribution in [0.2, 0.25) is 0 Å². The Kier molecular flexibility index (Phi) is 6.15. The van der Waals surface area contributed by atoms with Gasteiger partial charge in [-0.2, -0.15) is 0 Å². The van der Waals surface area contributed by atoms with Gasteiger partial charge in [0.2, 0.25) is 5.91 Å². The number of methoxy groups -OCH3 is 1. The molecular formula is C21H22N2O2S. The molecule has 0 atom stereocenters. The van der Waals surface area contributed by atoms with Gasteiger partial charge in [0.25, 0.3) is 0 Å². The fourth-order valence-corrected chi connectivity index (χ4v) is 3.39. The summed E-state index contributed by atoms with van der Waals surface area (Å²) in [7, 11) is 1.68. The second-order valence-electron chi connectivity index (χ2n) is 6.21. The number of nitrogens with zero attached hydrogens (tertiary/aromatic N) is 1. The number of rotatable bonds is 7. The van der Waals surface area contributed by atoms with Crippen LogP contribution in [0.1, 0.15) is 22.4 Å². The van der Waals surface area contributed by atoms with Crippen molar-refractivity contribution in [1.29, 1.82) is 0 Å². The number of aryl methyl sites for hydroxylation is 1. The Balaban J connectivity index is 1.52. The summed E-state index contributed by atoms with van der Waals surface area (Å²) >= 11 is 1.57. The second kappa shape index (κ2) is 8.74. The molecule has 0 aliphatic heterocycles. The SMILES string of the molecule is COCc1ccc(CNC(=O)Cc2csc(-c3ccc(C)cc3)n2)cc1. The van der Waals surface area contributed by atoms with Gasteiger partial charge in [-0.1, -0.05) is 54.1 Å². The van der Waals surface area contributed by atoms with E-state index in [-0.39, 0.29) is 5.91 Å². The summed E-state index contributed by atoms with van der Waals surface area (Å²) in [6.07, 6.45) is 0.296. The number of nitrogens with one attached hydrogen (secondary N) is 1. The Bertz CT molecular complexity index is 854. The molecule has 0 unspecified atom stereocenters. The molecule has 0 spiro atoms. The maximum Gasteiger partial charge on any atom is 0.226 e. The van der Waals surface area contributed by atoms with Gasteiger partial charge in [-0.05, 0) is 18.1 Å². The van der Waals surface area contributed by atoms with E-state index in [0.29, 0.717) is 19.6 Å². The minimum absolute atomic E-state index is 0.0216. The summed E-state index contributed by atoms with van der Waals surface area (Å²) in [5, 5.41) is 5.85. The molecular weight excluding hydrogens is 344 g/mol. The molecule has 0 aliphatic rings. The smallest absolute Gasteiger partial charge is 0.226 e. The molecule has 2 aromatic carbocycles. The maximum absolute atomic E-state index is 12.2. The molecule has 0 aliphatic carbocycles. The van der Waals surface area contributed by atoms with Crippen LogP contribution in [-0.2, 0) is 29.1 Å². The first-order chi connectivity index (χ1) is 12.6. The second-order valence-corrected chi connectivity index (χ2v) is 7.07. The monoisotopic (exact) mass is 366 g/mol. The van der Waals surface area contributed by atoms with Gasteiger partial charge in [0.15, 0.2) is 0 Å². The highest BCUT2D eigenvalue weighted by Gasteiger charge is 2.09. The third-order valence-electron chi connectivity index (χ3n) is 4.02. The number of amides is 1. The first-order valence-corrected chi connectivity index (χ1v) is 9.37. The van der Waals surface area contributed by atoms with Crippen molar-refractivity contribution in [2.45, 2.75) is 26.5 Å². The zero-order chi connectivity index (χ0) is 18.4. The Labute approximate surface area is 157 Å². The number of hydrogen-bond acceptors (Lipinski definition) is 4. The predicted molar refractivity (Wildman–Crippen MR) is 105 cm³/mol. The Hall–Kier alpha value is -2.50. The van der Waals surface area contributed by atoms with Crippen LogP contribution in [0.5, 0.6) is 0 Å². The molecule has 1 heterocycles.